The van der Waals surface area contributed by atoms with E-state index < -0.39 is 0 Å². The van der Waals surface area contributed by atoms with Crippen LogP contribution in [0.15, 0.2) is 36.5 Å². The van der Waals surface area contributed by atoms with Gasteiger partial charge < -0.3 is 10.1 Å². The Kier molecular flexibility index (Phi) is 6.76. The summed E-state index contributed by atoms with van der Waals surface area (Å²) in [4.78, 5) is 9.60. The van der Waals surface area contributed by atoms with Crippen molar-refractivity contribution >= 4 is 6.47 Å². The topological polar surface area (TPSA) is 56.2 Å². The van der Waals surface area contributed by atoms with Crippen molar-refractivity contribution in [2.24, 2.45) is 0 Å². The molecule has 0 amide bonds. The summed E-state index contributed by atoms with van der Waals surface area (Å²) in [5, 5.41) is 7.90. The smallest absolute Gasteiger partial charge is 0.293 e. The zero-order valence-electron chi connectivity index (χ0n) is 15.7. The molecule has 1 aliphatic heterocycles. The van der Waals surface area contributed by atoms with Crippen LogP contribution in [0.1, 0.15) is 50.8 Å². The van der Waals surface area contributed by atoms with Crippen molar-refractivity contribution in [1.29, 1.82) is 0 Å². The molecule has 1 saturated heterocycles. The molecule has 0 unspecified atom stereocenters. The number of aryl methyl sites for hydroxylation is 1. The molecule has 0 bridgehead atoms. The fourth-order valence-electron chi connectivity index (χ4n) is 2.79. The molecule has 2 heterocycles. The van der Waals surface area contributed by atoms with E-state index in [2.05, 4.69) is 57.1 Å². The summed E-state index contributed by atoms with van der Waals surface area (Å²) in [5.74, 6) is 0.634. The molecule has 1 aliphatic rings. The second kappa shape index (κ2) is 8.81. The van der Waals surface area contributed by atoms with Gasteiger partial charge in [-0.2, -0.15) is 5.10 Å². The number of hydrogen-bond donors (Lipinski definition) is 1. The molecule has 3 rings (SSSR count). The highest BCUT2D eigenvalue weighted by atomic mass is 16.5. The van der Waals surface area contributed by atoms with Crippen LogP contribution in [0.2, 0.25) is 0 Å². The fraction of sp³-hybridized carbons (Fsp3) is 0.500. The van der Waals surface area contributed by atoms with Gasteiger partial charge in [-0.05, 0) is 71.8 Å². The molecule has 5 nitrogen and oxygen atoms in total. The van der Waals surface area contributed by atoms with E-state index >= 15 is 0 Å². The lowest BCUT2D eigenvalue weighted by molar-refractivity contribution is -0.138. The predicted octanol–water partition coefficient (Wildman–Crippen LogP) is 3.61. The number of aromatic nitrogens is 2. The van der Waals surface area contributed by atoms with Crippen molar-refractivity contribution in [3.63, 3.8) is 0 Å². The summed E-state index contributed by atoms with van der Waals surface area (Å²) in [7, 11) is 0. The van der Waals surface area contributed by atoms with Crippen molar-refractivity contribution in [2.75, 3.05) is 13.1 Å². The van der Waals surface area contributed by atoms with E-state index in [0.717, 1.165) is 13.1 Å². The molecule has 1 fully saturated rings. The molecule has 1 N–H and O–H groups in total. The van der Waals surface area contributed by atoms with Gasteiger partial charge in [0.2, 0.25) is 0 Å². The normalized spacial score (nSPS) is 15.2. The maximum atomic E-state index is 9.60. The van der Waals surface area contributed by atoms with Crippen LogP contribution >= 0.6 is 0 Å². The van der Waals surface area contributed by atoms with Crippen molar-refractivity contribution < 1.29 is 9.53 Å². The van der Waals surface area contributed by atoms with Gasteiger partial charge in [0.15, 0.2) is 0 Å². The lowest BCUT2D eigenvalue weighted by Gasteiger charge is -2.23. The number of piperidine rings is 1. The molecule has 0 radical (unpaired) electrons. The molecule has 0 saturated carbocycles. The maximum absolute atomic E-state index is 9.60. The zero-order chi connectivity index (χ0) is 18.3. The molecule has 25 heavy (non-hydrogen) atoms. The first-order valence-corrected chi connectivity index (χ1v) is 8.84. The maximum Gasteiger partial charge on any atom is 0.293 e. The first-order valence-electron chi connectivity index (χ1n) is 8.84. The second-order valence-corrected chi connectivity index (χ2v) is 7.35. The molecule has 1 aromatic carbocycles. The molecular formula is C20H29N3O2. The molecule has 136 valence electrons. The van der Waals surface area contributed by atoms with Crippen molar-refractivity contribution in [3.05, 3.63) is 47.8 Å². The average Bonchev–Trinajstić information content (AvgIpc) is 3.05. The third kappa shape index (κ3) is 6.02. The summed E-state index contributed by atoms with van der Waals surface area (Å²) < 4.78 is 6.64. The van der Waals surface area contributed by atoms with Gasteiger partial charge in [-0.3, -0.25) is 4.79 Å². The molecular weight excluding hydrogens is 314 g/mol. The van der Waals surface area contributed by atoms with Gasteiger partial charge in [0.05, 0.1) is 5.69 Å². The van der Waals surface area contributed by atoms with Crippen LogP contribution < -0.4 is 5.32 Å². The molecule has 0 aliphatic carbocycles. The Bertz CT molecular complexity index is 650. The number of ether oxygens (including phenoxy) is 1. The van der Waals surface area contributed by atoms with Crippen LogP contribution in [-0.2, 0) is 9.53 Å². The predicted molar refractivity (Wildman–Crippen MR) is 100 cm³/mol. The standard InChI is InChI=1S/C15H19N3.C5H10O2/c1-12-2-4-14(5-3-12)18-15(8-11-17-18)13-6-9-16-10-7-13;1-5(2,3)7-4-6/h2-5,8,11,13,16H,6-7,9-10H2,1H3;4H,1-3H3. The number of carbonyl (C=O) groups excluding carboxylic acids is 1. The quantitative estimate of drug-likeness (QED) is 0.865. The van der Waals surface area contributed by atoms with E-state index in [1.165, 1.54) is 29.8 Å². The number of rotatable bonds is 3. The third-order valence-corrected chi connectivity index (χ3v) is 4.11. The van der Waals surface area contributed by atoms with Crippen LogP contribution in [0, 0.1) is 6.92 Å². The van der Waals surface area contributed by atoms with Crippen molar-refractivity contribution in [2.45, 2.75) is 52.1 Å². The number of benzene rings is 1. The number of carbonyl (C=O) groups is 1. The Morgan fingerprint density at radius 1 is 1.16 bits per heavy atom. The molecule has 2 aromatic rings. The van der Waals surface area contributed by atoms with Crippen LogP contribution in [0.4, 0.5) is 0 Å². The summed E-state index contributed by atoms with van der Waals surface area (Å²) in [6.07, 6.45) is 4.33. The van der Waals surface area contributed by atoms with Crippen molar-refractivity contribution in [3.8, 4) is 5.69 Å². The summed E-state index contributed by atoms with van der Waals surface area (Å²) in [5.41, 5.74) is 3.48. The third-order valence-electron chi connectivity index (χ3n) is 4.11. The minimum Gasteiger partial charge on any atom is -0.462 e. The highest BCUT2D eigenvalue weighted by Gasteiger charge is 2.19. The highest BCUT2D eigenvalue weighted by Crippen LogP contribution is 2.26. The van der Waals surface area contributed by atoms with Crippen LogP contribution in [0.5, 0.6) is 0 Å². The second-order valence-electron chi connectivity index (χ2n) is 7.35. The minimum absolute atomic E-state index is 0.318. The number of nitrogens with zero attached hydrogens (tertiary/aromatic N) is 2. The lowest BCUT2D eigenvalue weighted by atomic mass is 9.94. The Labute approximate surface area is 150 Å². The van der Waals surface area contributed by atoms with E-state index in [4.69, 9.17) is 0 Å². The summed E-state index contributed by atoms with van der Waals surface area (Å²) in [6, 6.07) is 10.7. The Morgan fingerprint density at radius 3 is 2.32 bits per heavy atom. The van der Waals surface area contributed by atoms with Gasteiger partial charge in [0, 0.05) is 17.8 Å². The minimum atomic E-state index is -0.318. The van der Waals surface area contributed by atoms with Gasteiger partial charge in [-0.15, -0.1) is 0 Å². The zero-order valence-corrected chi connectivity index (χ0v) is 15.7. The summed E-state index contributed by atoms with van der Waals surface area (Å²) >= 11 is 0. The molecule has 1 aromatic heterocycles. The van der Waals surface area contributed by atoms with Crippen LogP contribution in [0.3, 0.4) is 0 Å². The first-order chi connectivity index (χ1) is 11.9. The monoisotopic (exact) mass is 343 g/mol. The van der Waals surface area contributed by atoms with E-state index in [1.54, 1.807) is 0 Å². The Balaban J connectivity index is 0.000000277. The Morgan fingerprint density at radius 2 is 1.80 bits per heavy atom. The first kappa shape index (κ1) is 19.2. The van der Waals surface area contributed by atoms with Gasteiger partial charge >= 0.3 is 0 Å². The van der Waals surface area contributed by atoms with E-state index in [0.29, 0.717) is 12.4 Å². The molecule has 0 spiro atoms. The van der Waals surface area contributed by atoms with Gasteiger partial charge in [-0.1, -0.05) is 17.7 Å². The number of hydrogen-bond acceptors (Lipinski definition) is 4. The van der Waals surface area contributed by atoms with E-state index in [9.17, 15) is 4.79 Å². The van der Waals surface area contributed by atoms with Gasteiger partial charge in [0.25, 0.3) is 6.47 Å². The van der Waals surface area contributed by atoms with E-state index in [-0.39, 0.29) is 5.60 Å². The largest absolute Gasteiger partial charge is 0.462 e. The fourth-order valence-corrected chi connectivity index (χ4v) is 2.79. The van der Waals surface area contributed by atoms with Gasteiger partial charge in [-0.25, -0.2) is 4.68 Å². The SMILES string of the molecule is CC(C)(C)OC=O.Cc1ccc(-n2nccc2C2CCNCC2)cc1. The van der Waals surface area contributed by atoms with Crippen LogP contribution in [-0.4, -0.2) is 34.9 Å². The Hall–Kier alpha value is -2.14. The number of nitrogens with one attached hydrogen (secondary N) is 1. The summed E-state index contributed by atoms with van der Waals surface area (Å²) in [6.45, 7) is 10.3. The van der Waals surface area contributed by atoms with E-state index in [1.807, 2.05) is 27.0 Å². The average molecular weight is 343 g/mol. The molecule has 0 atom stereocenters. The molecule has 5 heteroatoms. The van der Waals surface area contributed by atoms with Crippen LogP contribution in [0.25, 0.3) is 5.69 Å². The van der Waals surface area contributed by atoms with Crippen molar-refractivity contribution in [1.82, 2.24) is 15.1 Å². The highest BCUT2D eigenvalue weighted by molar-refractivity contribution is 5.38. The van der Waals surface area contributed by atoms with Gasteiger partial charge in [0.1, 0.15) is 5.60 Å². The lowest BCUT2D eigenvalue weighted by Crippen LogP contribution is -2.27.